The first kappa shape index (κ1) is 22.1. The van der Waals surface area contributed by atoms with Gasteiger partial charge in [0.25, 0.3) is 0 Å². The molecule has 0 aromatic heterocycles. The second-order valence-electron chi connectivity index (χ2n) is 6.07. The van der Waals surface area contributed by atoms with E-state index in [9.17, 15) is 8.42 Å². The summed E-state index contributed by atoms with van der Waals surface area (Å²) in [6.07, 6.45) is 13.7. The standard InChI is InChI=1S/C20H34O2S/c1-3-5-7-9-11-13-15-17-19-23(21,22)20-18-16-14-12-10-8-6-4-2/h3-14,19-20H2,1-2H3. The molecule has 0 aliphatic carbocycles. The van der Waals surface area contributed by atoms with E-state index in [4.69, 9.17) is 0 Å². The van der Waals surface area contributed by atoms with Gasteiger partial charge in [-0.25, -0.2) is 8.42 Å². The van der Waals surface area contributed by atoms with Gasteiger partial charge in [-0.3, -0.25) is 0 Å². The first-order valence-electron chi connectivity index (χ1n) is 9.24. The fourth-order valence-electron chi connectivity index (χ4n) is 2.18. The van der Waals surface area contributed by atoms with Crippen LogP contribution in [0, 0.1) is 23.7 Å². The summed E-state index contributed by atoms with van der Waals surface area (Å²) in [6.45, 7) is 4.39. The molecule has 0 saturated heterocycles. The topological polar surface area (TPSA) is 34.1 Å². The van der Waals surface area contributed by atoms with Crippen LogP contribution in [0.5, 0.6) is 0 Å². The molecule has 0 aromatic rings. The number of rotatable bonds is 12. The van der Waals surface area contributed by atoms with Gasteiger partial charge in [-0.2, -0.15) is 0 Å². The van der Waals surface area contributed by atoms with Crippen LogP contribution in [0.25, 0.3) is 0 Å². The van der Waals surface area contributed by atoms with Gasteiger partial charge in [-0.1, -0.05) is 77.1 Å². The molecule has 2 nitrogen and oxygen atoms in total. The molecule has 0 aromatic carbocycles. The first-order chi connectivity index (χ1) is 11.1. The predicted octanol–water partition coefficient (Wildman–Crippen LogP) is 5.13. The molecule has 0 amide bonds. The van der Waals surface area contributed by atoms with Crippen molar-refractivity contribution >= 4 is 9.84 Å². The van der Waals surface area contributed by atoms with E-state index in [2.05, 4.69) is 37.5 Å². The zero-order valence-electron chi connectivity index (χ0n) is 15.1. The third-order valence-electron chi connectivity index (χ3n) is 3.64. The van der Waals surface area contributed by atoms with E-state index in [-0.39, 0.29) is 11.5 Å². The van der Waals surface area contributed by atoms with Gasteiger partial charge in [0, 0.05) is 12.8 Å². The maximum absolute atomic E-state index is 11.8. The van der Waals surface area contributed by atoms with Gasteiger partial charge in [-0.15, -0.1) is 11.8 Å². The van der Waals surface area contributed by atoms with Gasteiger partial charge >= 0.3 is 0 Å². The van der Waals surface area contributed by atoms with E-state index >= 15 is 0 Å². The van der Waals surface area contributed by atoms with Crippen LogP contribution in [0.4, 0.5) is 0 Å². The lowest BCUT2D eigenvalue weighted by atomic mass is 10.1. The fraction of sp³-hybridized carbons (Fsp3) is 0.800. The summed E-state index contributed by atoms with van der Waals surface area (Å²) in [4.78, 5) is 0. The van der Waals surface area contributed by atoms with Crippen molar-refractivity contribution in [2.24, 2.45) is 0 Å². The Bertz CT molecular complexity index is 443. The number of unbranched alkanes of at least 4 members (excludes halogenated alkanes) is 10. The van der Waals surface area contributed by atoms with Crippen molar-refractivity contribution in [3.63, 3.8) is 0 Å². The van der Waals surface area contributed by atoms with Crippen LogP contribution in [-0.4, -0.2) is 19.9 Å². The molecule has 0 aliphatic rings. The van der Waals surface area contributed by atoms with Crippen molar-refractivity contribution in [1.29, 1.82) is 0 Å². The Morgan fingerprint density at radius 2 is 0.957 bits per heavy atom. The molecule has 0 bridgehead atoms. The Kier molecular flexibility index (Phi) is 15.3. The zero-order chi connectivity index (χ0) is 17.2. The van der Waals surface area contributed by atoms with Crippen LogP contribution < -0.4 is 0 Å². The molecule has 0 heterocycles. The minimum Gasteiger partial charge on any atom is -0.227 e. The number of hydrogen-bond acceptors (Lipinski definition) is 2. The summed E-state index contributed by atoms with van der Waals surface area (Å²) in [7, 11) is -3.13. The minimum atomic E-state index is -3.13. The molecule has 3 heteroatoms. The highest BCUT2D eigenvalue weighted by molar-refractivity contribution is 7.91. The first-order valence-corrected chi connectivity index (χ1v) is 11.1. The second kappa shape index (κ2) is 15.9. The normalized spacial score (nSPS) is 10.5. The third-order valence-corrected chi connectivity index (χ3v) is 4.81. The van der Waals surface area contributed by atoms with Crippen molar-refractivity contribution in [3.05, 3.63) is 0 Å². The average molecular weight is 339 g/mol. The highest BCUT2D eigenvalue weighted by Crippen LogP contribution is 2.04. The number of hydrogen-bond donors (Lipinski definition) is 0. The molecule has 132 valence electrons. The Labute approximate surface area is 144 Å². The highest BCUT2D eigenvalue weighted by atomic mass is 32.2. The maximum atomic E-state index is 11.8. The summed E-state index contributed by atoms with van der Waals surface area (Å²) in [6, 6.07) is 0. The summed E-state index contributed by atoms with van der Waals surface area (Å²) >= 11 is 0. The maximum Gasteiger partial charge on any atom is 0.172 e. The van der Waals surface area contributed by atoms with Gasteiger partial charge in [-0.05, 0) is 12.8 Å². The molecular formula is C20H34O2S. The van der Waals surface area contributed by atoms with E-state index in [1.165, 1.54) is 51.4 Å². The molecule has 23 heavy (non-hydrogen) atoms. The fourth-order valence-corrected chi connectivity index (χ4v) is 2.93. The Morgan fingerprint density at radius 1 is 0.565 bits per heavy atom. The lowest BCUT2D eigenvalue weighted by molar-refractivity contribution is 0.602. The van der Waals surface area contributed by atoms with Crippen molar-refractivity contribution in [3.8, 4) is 23.7 Å². The van der Waals surface area contributed by atoms with Crippen LogP contribution in [0.1, 0.15) is 90.9 Å². The predicted molar refractivity (Wildman–Crippen MR) is 101 cm³/mol. The summed E-state index contributed by atoms with van der Waals surface area (Å²) in [5.41, 5.74) is 0. The number of sulfone groups is 1. The minimum absolute atomic E-state index is 0.0485. The van der Waals surface area contributed by atoms with Gasteiger partial charge in [0.2, 0.25) is 0 Å². The van der Waals surface area contributed by atoms with Crippen LogP contribution in [0.15, 0.2) is 0 Å². The van der Waals surface area contributed by atoms with E-state index in [1.807, 2.05) is 0 Å². The summed E-state index contributed by atoms with van der Waals surface area (Å²) in [5.74, 6) is 11.4. The quantitative estimate of drug-likeness (QED) is 0.365. The van der Waals surface area contributed by atoms with Gasteiger partial charge in [0.15, 0.2) is 9.84 Å². The van der Waals surface area contributed by atoms with Crippen molar-refractivity contribution in [2.45, 2.75) is 90.9 Å². The second-order valence-corrected chi connectivity index (χ2v) is 8.13. The average Bonchev–Trinajstić information content (AvgIpc) is 2.52. The molecule has 0 fully saturated rings. The van der Waals surface area contributed by atoms with Crippen molar-refractivity contribution in [2.75, 3.05) is 11.5 Å². The van der Waals surface area contributed by atoms with E-state index in [0.29, 0.717) is 0 Å². The van der Waals surface area contributed by atoms with Crippen LogP contribution in [0.2, 0.25) is 0 Å². The van der Waals surface area contributed by atoms with E-state index in [1.54, 1.807) is 0 Å². The van der Waals surface area contributed by atoms with E-state index < -0.39 is 9.84 Å². The third kappa shape index (κ3) is 17.3. The largest absolute Gasteiger partial charge is 0.227 e. The lowest BCUT2D eigenvalue weighted by Crippen LogP contribution is -2.08. The lowest BCUT2D eigenvalue weighted by Gasteiger charge is -1.95. The highest BCUT2D eigenvalue weighted by Gasteiger charge is 2.05. The van der Waals surface area contributed by atoms with Crippen LogP contribution in [-0.2, 0) is 9.84 Å². The molecule has 0 aliphatic heterocycles. The Hall–Kier alpha value is -0.930. The molecule has 0 spiro atoms. The van der Waals surface area contributed by atoms with E-state index in [0.717, 1.165) is 25.7 Å². The van der Waals surface area contributed by atoms with Gasteiger partial charge in [0.1, 0.15) is 11.5 Å². The van der Waals surface area contributed by atoms with Gasteiger partial charge in [0.05, 0.1) is 0 Å². The Morgan fingerprint density at radius 3 is 1.35 bits per heavy atom. The molecule has 0 radical (unpaired) electrons. The smallest absolute Gasteiger partial charge is 0.172 e. The summed E-state index contributed by atoms with van der Waals surface area (Å²) in [5, 5.41) is 0. The monoisotopic (exact) mass is 338 g/mol. The summed E-state index contributed by atoms with van der Waals surface area (Å²) < 4.78 is 23.5. The molecule has 0 unspecified atom stereocenters. The van der Waals surface area contributed by atoms with Gasteiger partial charge < -0.3 is 0 Å². The van der Waals surface area contributed by atoms with Crippen molar-refractivity contribution < 1.29 is 8.42 Å². The SMILES string of the molecule is CCCCCCCC#CCS(=O)(=O)CC#CCCCCCCC. The zero-order valence-corrected chi connectivity index (χ0v) is 15.9. The van der Waals surface area contributed by atoms with Crippen molar-refractivity contribution in [1.82, 2.24) is 0 Å². The van der Waals surface area contributed by atoms with Crippen LogP contribution >= 0.6 is 0 Å². The molecule has 0 N–H and O–H groups in total. The van der Waals surface area contributed by atoms with Crippen LogP contribution in [0.3, 0.4) is 0 Å². The molecule has 0 rings (SSSR count). The molecular weight excluding hydrogens is 304 g/mol. The molecule has 0 atom stereocenters. The molecule has 0 saturated carbocycles. The Balaban J connectivity index is 3.73.